The van der Waals surface area contributed by atoms with E-state index < -0.39 is 23.5 Å². The molecule has 0 spiro atoms. The number of benzene rings is 3. The number of hydrogen-bond acceptors (Lipinski definition) is 9. The highest BCUT2D eigenvalue weighted by Gasteiger charge is 2.45. The predicted octanol–water partition coefficient (Wildman–Crippen LogP) is 7.98. The summed E-state index contributed by atoms with van der Waals surface area (Å²) >= 11 is 2.39. The van der Waals surface area contributed by atoms with Gasteiger partial charge >= 0.3 is 0 Å². The zero-order valence-electron chi connectivity index (χ0n) is 25.7. The molecule has 238 valence electrons. The van der Waals surface area contributed by atoms with Crippen LogP contribution in [0, 0.1) is 11.7 Å². The number of carbonyl (C=O) groups excluding carboxylic acids is 2. The van der Waals surface area contributed by atoms with Crippen molar-refractivity contribution in [2.45, 2.75) is 43.3 Å². The number of rotatable bonds is 14. The SMILES string of the molecule is CCOc1cc(C2C(C(=O)/C=C/c3ccccc3)=C(O)C(=O)N2c2nnc(SCc3ccccc3F)s2)ccc1OCCC(C)C. The van der Waals surface area contributed by atoms with E-state index in [1.165, 1.54) is 28.8 Å². The van der Waals surface area contributed by atoms with Crippen molar-refractivity contribution < 1.29 is 28.6 Å². The maximum Gasteiger partial charge on any atom is 0.296 e. The molecule has 1 aromatic heterocycles. The van der Waals surface area contributed by atoms with Crippen molar-refractivity contribution in [2.24, 2.45) is 5.92 Å². The van der Waals surface area contributed by atoms with Crippen LogP contribution >= 0.6 is 23.1 Å². The molecule has 1 unspecified atom stereocenters. The standard InChI is InChI=1S/C35H34FN3O5S2/c1-4-43-29-20-24(15-17-28(29)44-19-18-22(2)3)31-30(27(40)16-14-23-10-6-5-7-11-23)32(41)33(42)39(31)34-37-38-35(46-34)45-21-25-12-8-9-13-26(25)36/h5-17,20,22,31,41H,4,18-19,21H2,1-3H3/b16-14+. The van der Waals surface area contributed by atoms with Gasteiger partial charge in [-0.25, -0.2) is 4.39 Å². The van der Waals surface area contributed by atoms with Gasteiger partial charge in [-0.2, -0.15) is 0 Å². The first-order valence-corrected chi connectivity index (χ1v) is 16.7. The Labute approximate surface area is 275 Å². The number of amides is 1. The molecule has 1 aliphatic rings. The van der Waals surface area contributed by atoms with Crippen molar-refractivity contribution in [2.75, 3.05) is 18.1 Å². The van der Waals surface area contributed by atoms with Gasteiger partial charge in [-0.15, -0.1) is 10.2 Å². The van der Waals surface area contributed by atoms with Crippen LogP contribution in [0.5, 0.6) is 11.5 Å². The van der Waals surface area contributed by atoms with Gasteiger partial charge in [0.25, 0.3) is 5.91 Å². The summed E-state index contributed by atoms with van der Waals surface area (Å²) in [5.74, 6) is -0.542. The molecule has 0 saturated carbocycles. The van der Waals surface area contributed by atoms with Gasteiger partial charge in [0.1, 0.15) is 5.82 Å². The second-order valence-electron chi connectivity index (χ2n) is 10.8. The lowest BCUT2D eigenvalue weighted by Gasteiger charge is -2.24. The lowest BCUT2D eigenvalue weighted by atomic mass is 9.95. The van der Waals surface area contributed by atoms with Crippen LogP contribution in [0.1, 0.15) is 49.9 Å². The Balaban J connectivity index is 1.50. The van der Waals surface area contributed by atoms with Crippen molar-refractivity contribution in [3.8, 4) is 11.5 Å². The molecule has 1 amide bonds. The van der Waals surface area contributed by atoms with Crippen molar-refractivity contribution in [1.82, 2.24) is 10.2 Å². The summed E-state index contributed by atoms with van der Waals surface area (Å²) in [6, 6.07) is 19.9. The molecular formula is C35H34FN3O5S2. The predicted molar refractivity (Wildman–Crippen MR) is 179 cm³/mol. The van der Waals surface area contributed by atoms with Gasteiger partial charge in [0.05, 0.1) is 24.8 Å². The molecule has 8 nitrogen and oxygen atoms in total. The summed E-state index contributed by atoms with van der Waals surface area (Å²) in [6.07, 6.45) is 3.83. The Kier molecular flexibility index (Phi) is 10.9. The number of nitrogens with zero attached hydrogens (tertiary/aromatic N) is 3. The van der Waals surface area contributed by atoms with Gasteiger partial charge in [-0.1, -0.05) is 97.6 Å². The molecule has 1 atom stereocenters. The largest absolute Gasteiger partial charge is 0.503 e. The molecule has 0 bridgehead atoms. The van der Waals surface area contributed by atoms with E-state index in [4.69, 9.17) is 9.47 Å². The number of aliphatic hydroxyl groups excluding tert-OH is 1. The number of allylic oxidation sites excluding steroid dienone is 1. The lowest BCUT2D eigenvalue weighted by molar-refractivity contribution is -0.117. The highest BCUT2D eigenvalue weighted by atomic mass is 32.2. The van der Waals surface area contributed by atoms with Crippen molar-refractivity contribution in [3.05, 3.63) is 113 Å². The Hall–Kier alpha value is -4.48. The first-order valence-electron chi connectivity index (χ1n) is 14.9. The first-order chi connectivity index (χ1) is 22.3. The van der Waals surface area contributed by atoms with Crippen molar-refractivity contribution in [3.63, 3.8) is 0 Å². The average molecular weight is 660 g/mol. The number of aliphatic hydroxyl groups is 1. The van der Waals surface area contributed by atoms with E-state index in [1.54, 1.807) is 42.5 Å². The van der Waals surface area contributed by atoms with Gasteiger partial charge in [-0.3, -0.25) is 14.5 Å². The van der Waals surface area contributed by atoms with Gasteiger partial charge in [0.2, 0.25) is 5.13 Å². The van der Waals surface area contributed by atoms with E-state index in [0.29, 0.717) is 51.9 Å². The van der Waals surface area contributed by atoms with E-state index in [1.807, 2.05) is 37.3 Å². The molecule has 11 heteroatoms. The molecule has 0 saturated heterocycles. The first kappa shape index (κ1) is 32.9. The number of hydrogen-bond donors (Lipinski definition) is 1. The molecule has 1 aliphatic heterocycles. The Morgan fingerprint density at radius 2 is 1.83 bits per heavy atom. The van der Waals surface area contributed by atoms with Crippen LogP contribution in [-0.4, -0.2) is 40.2 Å². The Bertz CT molecular complexity index is 1760. The number of ketones is 1. The van der Waals surface area contributed by atoms with Crippen molar-refractivity contribution >= 4 is 46.0 Å². The van der Waals surface area contributed by atoms with Gasteiger partial charge < -0.3 is 14.6 Å². The van der Waals surface area contributed by atoms with Crippen LogP contribution in [0.25, 0.3) is 6.08 Å². The summed E-state index contributed by atoms with van der Waals surface area (Å²) in [7, 11) is 0. The van der Waals surface area contributed by atoms with E-state index in [-0.39, 0.29) is 16.5 Å². The molecule has 3 aromatic carbocycles. The quantitative estimate of drug-likeness (QED) is 0.0826. The maximum atomic E-state index is 14.2. The van der Waals surface area contributed by atoms with E-state index in [9.17, 15) is 19.1 Å². The number of anilines is 1. The molecule has 2 heterocycles. The summed E-state index contributed by atoms with van der Waals surface area (Å²) < 4.78 is 26.6. The number of thioether (sulfide) groups is 1. The number of ether oxygens (including phenoxy) is 2. The molecule has 0 radical (unpaired) electrons. The zero-order valence-corrected chi connectivity index (χ0v) is 27.3. The minimum Gasteiger partial charge on any atom is -0.503 e. The summed E-state index contributed by atoms with van der Waals surface area (Å²) in [5, 5.41) is 19.8. The normalized spacial score (nSPS) is 14.9. The summed E-state index contributed by atoms with van der Waals surface area (Å²) in [6.45, 7) is 6.94. The van der Waals surface area contributed by atoms with Gasteiger partial charge in [0.15, 0.2) is 27.4 Å². The third-order valence-electron chi connectivity index (χ3n) is 7.15. The van der Waals surface area contributed by atoms with Crippen LogP contribution in [0.15, 0.2) is 94.5 Å². The molecular weight excluding hydrogens is 626 g/mol. The molecule has 0 fully saturated rings. The second-order valence-corrected chi connectivity index (χ2v) is 13.0. The maximum absolute atomic E-state index is 14.2. The third kappa shape index (κ3) is 7.66. The fourth-order valence-electron chi connectivity index (χ4n) is 4.80. The highest BCUT2D eigenvalue weighted by molar-refractivity contribution is 8.00. The molecule has 0 aliphatic carbocycles. The lowest BCUT2D eigenvalue weighted by Crippen LogP contribution is -2.31. The highest BCUT2D eigenvalue weighted by Crippen LogP contribution is 2.45. The van der Waals surface area contributed by atoms with Crippen LogP contribution in [0.2, 0.25) is 0 Å². The smallest absolute Gasteiger partial charge is 0.296 e. The van der Waals surface area contributed by atoms with E-state index >= 15 is 0 Å². The fraction of sp³-hybridized carbons (Fsp3) is 0.257. The topological polar surface area (TPSA) is 102 Å². The zero-order chi connectivity index (χ0) is 32.6. The number of carbonyl (C=O) groups is 2. The monoisotopic (exact) mass is 659 g/mol. The molecule has 4 aromatic rings. The van der Waals surface area contributed by atoms with Gasteiger partial charge in [0, 0.05) is 5.75 Å². The van der Waals surface area contributed by atoms with Crippen LogP contribution in [-0.2, 0) is 15.3 Å². The minimum absolute atomic E-state index is 0.0936. The summed E-state index contributed by atoms with van der Waals surface area (Å²) in [4.78, 5) is 28.6. The van der Waals surface area contributed by atoms with Crippen LogP contribution in [0.4, 0.5) is 9.52 Å². The van der Waals surface area contributed by atoms with Crippen molar-refractivity contribution in [1.29, 1.82) is 0 Å². The second kappa shape index (κ2) is 15.2. The Morgan fingerprint density at radius 3 is 2.57 bits per heavy atom. The van der Waals surface area contributed by atoms with E-state index in [0.717, 1.165) is 23.3 Å². The molecule has 46 heavy (non-hydrogen) atoms. The molecule has 1 N–H and O–H groups in total. The third-order valence-corrected chi connectivity index (χ3v) is 9.25. The average Bonchev–Trinajstić information content (AvgIpc) is 3.62. The Morgan fingerprint density at radius 1 is 1.07 bits per heavy atom. The van der Waals surface area contributed by atoms with E-state index in [2.05, 4.69) is 24.0 Å². The number of aromatic nitrogens is 2. The minimum atomic E-state index is -1.03. The van der Waals surface area contributed by atoms with Crippen LogP contribution in [0.3, 0.4) is 0 Å². The fourth-order valence-corrected chi connectivity index (χ4v) is 6.65. The van der Waals surface area contributed by atoms with Gasteiger partial charge in [-0.05, 0) is 60.2 Å². The summed E-state index contributed by atoms with van der Waals surface area (Å²) in [5.41, 5.74) is 1.72. The van der Waals surface area contributed by atoms with Crippen LogP contribution < -0.4 is 14.4 Å². The molecule has 5 rings (SSSR count). The number of halogens is 1.